The molecule has 0 atom stereocenters. The SMILES string of the molecule is O=C([O-])CCCN1C(=O)/C(=C\c2ccc(O)c(O)c2)SC1=S. The molecule has 1 heterocycles. The van der Waals surface area contributed by atoms with Crippen molar-refractivity contribution >= 4 is 46.3 Å². The number of phenols is 2. The van der Waals surface area contributed by atoms with Crippen LogP contribution in [0.2, 0.25) is 0 Å². The molecule has 1 aromatic carbocycles. The lowest BCUT2D eigenvalue weighted by Gasteiger charge is -2.14. The summed E-state index contributed by atoms with van der Waals surface area (Å²) >= 11 is 6.22. The second-order valence-corrected chi connectivity index (χ2v) is 6.23. The molecule has 1 amide bonds. The smallest absolute Gasteiger partial charge is 0.266 e. The molecule has 0 spiro atoms. The number of carbonyl (C=O) groups excluding carboxylic acids is 2. The van der Waals surface area contributed by atoms with Crippen LogP contribution in [0, 0.1) is 0 Å². The van der Waals surface area contributed by atoms with Crippen LogP contribution in [0.5, 0.6) is 11.5 Å². The van der Waals surface area contributed by atoms with E-state index in [0.717, 1.165) is 11.8 Å². The first kappa shape index (κ1) is 16.3. The number of carboxylic acids is 1. The number of carbonyl (C=O) groups is 2. The molecule has 0 aromatic heterocycles. The number of aliphatic carboxylic acids is 1. The number of thioether (sulfide) groups is 1. The van der Waals surface area contributed by atoms with Crippen LogP contribution in [0.1, 0.15) is 18.4 Å². The maximum absolute atomic E-state index is 12.2. The standard InChI is InChI=1S/C14H13NO5S2/c16-9-4-3-8(6-10(9)17)7-11-13(20)15(14(21)22-11)5-1-2-12(18)19/h3-4,6-7,16-17H,1-2,5H2,(H,18,19)/p-1/b11-7+. The Kier molecular flexibility index (Phi) is 5.04. The molecule has 0 saturated carbocycles. The minimum atomic E-state index is -1.17. The van der Waals surface area contributed by atoms with Crippen molar-refractivity contribution in [3.63, 3.8) is 0 Å². The zero-order chi connectivity index (χ0) is 16.3. The molecule has 1 aliphatic rings. The third-order valence-corrected chi connectivity index (χ3v) is 4.31. The fourth-order valence-electron chi connectivity index (χ4n) is 1.86. The van der Waals surface area contributed by atoms with E-state index in [1.54, 1.807) is 12.1 Å². The molecule has 1 saturated heterocycles. The first-order valence-corrected chi connectivity index (χ1v) is 7.58. The van der Waals surface area contributed by atoms with E-state index in [4.69, 9.17) is 12.2 Å². The number of hydrogen-bond acceptors (Lipinski definition) is 7. The third-order valence-electron chi connectivity index (χ3n) is 2.93. The van der Waals surface area contributed by atoms with Crippen LogP contribution in [-0.4, -0.2) is 37.9 Å². The molecule has 6 nitrogen and oxygen atoms in total. The maximum atomic E-state index is 12.2. The quantitative estimate of drug-likeness (QED) is 0.466. The van der Waals surface area contributed by atoms with Gasteiger partial charge < -0.3 is 20.1 Å². The Labute approximate surface area is 136 Å². The Morgan fingerprint density at radius 2 is 2.09 bits per heavy atom. The van der Waals surface area contributed by atoms with Crippen molar-refractivity contribution in [1.82, 2.24) is 4.90 Å². The summed E-state index contributed by atoms with van der Waals surface area (Å²) in [5.74, 6) is -1.99. The summed E-state index contributed by atoms with van der Waals surface area (Å²) in [7, 11) is 0. The minimum absolute atomic E-state index is 0.137. The topological polar surface area (TPSA) is 101 Å². The Morgan fingerprint density at radius 1 is 1.36 bits per heavy atom. The number of thiocarbonyl (C=S) groups is 1. The lowest BCUT2D eigenvalue weighted by molar-refractivity contribution is -0.305. The highest BCUT2D eigenvalue weighted by atomic mass is 32.2. The van der Waals surface area contributed by atoms with Crippen molar-refractivity contribution in [2.24, 2.45) is 0 Å². The van der Waals surface area contributed by atoms with Gasteiger partial charge in [0.1, 0.15) is 4.32 Å². The number of benzene rings is 1. The van der Waals surface area contributed by atoms with Gasteiger partial charge >= 0.3 is 0 Å². The van der Waals surface area contributed by atoms with Crippen LogP contribution in [0.25, 0.3) is 6.08 Å². The van der Waals surface area contributed by atoms with E-state index in [1.165, 1.54) is 17.0 Å². The van der Waals surface area contributed by atoms with Gasteiger partial charge in [-0.1, -0.05) is 30.0 Å². The molecular weight excluding hydrogens is 326 g/mol. The van der Waals surface area contributed by atoms with Crippen LogP contribution in [0.3, 0.4) is 0 Å². The van der Waals surface area contributed by atoms with Gasteiger partial charge in [-0.2, -0.15) is 0 Å². The van der Waals surface area contributed by atoms with E-state index in [9.17, 15) is 24.9 Å². The summed E-state index contributed by atoms with van der Waals surface area (Å²) in [5, 5.41) is 29.1. The molecule has 1 aliphatic heterocycles. The van der Waals surface area contributed by atoms with E-state index in [2.05, 4.69) is 0 Å². The molecule has 8 heteroatoms. The largest absolute Gasteiger partial charge is 0.550 e. The monoisotopic (exact) mass is 338 g/mol. The molecular formula is C14H12NO5S2-. The summed E-state index contributed by atoms with van der Waals surface area (Å²) in [6.45, 7) is 0.219. The van der Waals surface area contributed by atoms with Gasteiger partial charge in [-0.3, -0.25) is 9.69 Å². The average molecular weight is 338 g/mol. The molecule has 0 radical (unpaired) electrons. The number of aromatic hydroxyl groups is 2. The lowest BCUT2D eigenvalue weighted by Crippen LogP contribution is -2.30. The Balaban J connectivity index is 2.11. The number of hydrogen-bond donors (Lipinski definition) is 2. The fraction of sp³-hybridized carbons (Fsp3) is 0.214. The number of carboxylic acid groups (broad SMARTS) is 1. The summed E-state index contributed by atoms with van der Waals surface area (Å²) in [6.07, 6.45) is 1.68. The number of phenolic OH excluding ortho intramolecular Hbond substituents is 2. The predicted octanol–water partition coefficient (Wildman–Crippen LogP) is 0.829. The van der Waals surface area contributed by atoms with Crippen molar-refractivity contribution in [3.05, 3.63) is 28.7 Å². The average Bonchev–Trinajstić information content (AvgIpc) is 2.70. The summed E-state index contributed by atoms with van der Waals surface area (Å²) in [5.41, 5.74) is 0.547. The second-order valence-electron chi connectivity index (χ2n) is 4.56. The predicted molar refractivity (Wildman–Crippen MR) is 83.9 cm³/mol. The van der Waals surface area contributed by atoms with Gasteiger partial charge in [0, 0.05) is 12.5 Å². The van der Waals surface area contributed by atoms with Crippen molar-refractivity contribution in [1.29, 1.82) is 0 Å². The van der Waals surface area contributed by atoms with Crippen LogP contribution in [-0.2, 0) is 9.59 Å². The summed E-state index contributed by atoms with van der Waals surface area (Å²) in [4.78, 5) is 24.3. The Hall–Kier alpha value is -2.06. The molecule has 116 valence electrons. The van der Waals surface area contributed by atoms with Gasteiger partial charge in [-0.25, -0.2) is 0 Å². The van der Waals surface area contributed by atoms with Crippen molar-refractivity contribution in [2.45, 2.75) is 12.8 Å². The normalized spacial score (nSPS) is 16.5. The molecule has 0 bridgehead atoms. The van der Waals surface area contributed by atoms with Crippen LogP contribution >= 0.6 is 24.0 Å². The van der Waals surface area contributed by atoms with Crippen LogP contribution in [0.4, 0.5) is 0 Å². The molecule has 2 rings (SSSR count). The van der Waals surface area contributed by atoms with E-state index in [1.807, 2.05) is 0 Å². The highest BCUT2D eigenvalue weighted by Gasteiger charge is 2.31. The minimum Gasteiger partial charge on any atom is -0.550 e. The van der Waals surface area contributed by atoms with Gasteiger partial charge in [0.05, 0.1) is 4.91 Å². The number of amides is 1. The first-order chi connectivity index (χ1) is 10.4. The molecule has 1 aromatic rings. The molecule has 22 heavy (non-hydrogen) atoms. The van der Waals surface area contributed by atoms with E-state index in [-0.39, 0.29) is 36.8 Å². The van der Waals surface area contributed by atoms with Crippen LogP contribution < -0.4 is 5.11 Å². The van der Waals surface area contributed by atoms with Crippen molar-refractivity contribution in [3.8, 4) is 11.5 Å². The zero-order valence-electron chi connectivity index (χ0n) is 11.3. The highest BCUT2D eigenvalue weighted by Crippen LogP contribution is 2.34. The first-order valence-electron chi connectivity index (χ1n) is 6.35. The van der Waals surface area contributed by atoms with E-state index < -0.39 is 5.97 Å². The molecule has 1 fully saturated rings. The number of nitrogens with zero attached hydrogens (tertiary/aromatic N) is 1. The van der Waals surface area contributed by atoms with Crippen LogP contribution in [0.15, 0.2) is 23.1 Å². The van der Waals surface area contributed by atoms with Gasteiger partial charge in [-0.05, 0) is 36.6 Å². The van der Waals surface area contributed by atoms with Crippen molar-refractivity contribution < 1.29 is 24.9 Å². The Morgan fingerprint density at radius 3 is 2.73 bits per heavy atom. The van der Waals surface area contributed by atoms with E-state index >= 15 is 0 Å². The Bertz CT molecular complexity index is 671. The fourth-order valence-corrected chi connectivity index (χ4v) is 3.16. The van der Waals surface area contributed by atoms with Crippen molar-refractivity contribution in [2.75, 3.05) is 6.54 Å². The van der Waals surface area contributed by atoms with Gasteiger partial charge in [-0.15, -0.1) is 0 Å². The molecule has 0 aliphatic carbocycles. The van der Waals surface area contributed by atoms with E-state index in [0.29, 0.717) is 14.8 Å². The number of rotatable bonds is 5. The lowest BCUT2D eigenvalue weighted by atomic mass is 10.2. The molecule has 0 unspecified atom stereocenters. The van der Waals surface area contributed by atoms with Gasteiger partial charge in [0.15, 0.2) is 11.5 Å². The summed E-state index contributed by atoms with van der Waals surface area (Å²) < 4.78 is 0.359. The third kappa shape index (κ3) is 3.77. The van der Waals surface area contributed by atoms with Gasteiger partial charge in [0.25, 0.3) is 5.91 Å². The van der Waals surface area contributed by atoms with Gasteiger partial charge in [0.2, 0.25) is 0 Å². The zero-order valence-corrected chi connectivity index (χ0v) is 12.9. The summed E-state index contributed by atoms with van der Waals surface area (Å²) in [6, 6.07) is 4.21. The molecule has 2 N–H and O–H groups in total. The highest BCUT2D eigenvalue weighted by molar-refractivity contribution is 8.26. The maximum Gasteiger partial charge on any atom is 0.266 e. The second kappa shape index (κ2) is 6.80.